The second-order valence-electron chi connectivity index (χ2n) is 7.32. The van der Waals surface area contributed by atoms with Crippen LogP contribution in [-0.4, -0.2) is 36.5 Å². The number of carbonyl (C=O) groups is 2. The molecule has 164 valence electrons. The van der Waals surface area contributed by atoms with Crippen molar-refractivity contribution < 1.29 is 19.4 Å². The molecule has 9 nitrogen and oxygen atoms in total. The van der Waals surface area contributed by atoms with Crippen LogP contribution >= 0.6 is 11.6 Å². The predicted octanol–water partition coefficient (Wildman–Crippen LogP) is 3.90. The molecule has 1 unspecified atom stereocenters. The number of halogens is 1. The van der Waals surface area contributed by atoms with Crippen LogP contribution in [0, 0.1) is 27.7 Å². The zero-order valence-corrected chi connectivity index (χ0v) is 18.7. The van der Waals surface area contributed by atoms with Gasteiger partial charge in [0.05, 0.1) is 17.1 Å². The normalized spacial score (nSPS) is 11.9. The fourth-order valence-corrected chi connectivity index (χ4v) is 3.32. The summed E-state index contributed by atoms with van der Waals surface area (Å²) in [5.41, 5.74) is 3.83. The van der Waals surface area contributed by atoms with Gasteiger partial charge in [-0.05, 0) is 63.9 Å². The Morgan fingerprint density at radius 2 is 1.87 bits per heavy atom. The highest BCUT2D eigenvalue weighted by molar-refractivity contribution is 6.32. The Hall–Kier alpha value is -3.33. The van der Waals surface area contributed by atoms with Gasteiger partial charge in [0.15, 0.2) is 6.73 Å². The summed E-state index contributed by atoms with van der Waals surface area (Å²) in [5.74, 6) is -0.881. The Labute approximate surface area is 184 Å². The van der Waals surface area contributed by atoms with Crippen LogP contribution in [0.1, 0.15) is 46.0 Å². The molecule has 2 heterocycles. The fourth-order valence-electron chi connectivity index (χ4n) is 3.21. The topological polar surface area (TPSA) is 111 Å². The van der Waals surface area contributed by atoms with E-state index >= 15 is 0 Å². The molecule has 3 rings (SSSR count). The number of ether oxygens (including phenoxy) is 1. The van der Waals surface area contributed by atoms with Crippen molar-refractivity contribution in [2.75, 3.05) is 5.32 Å². The summed E-state index contributed by atoms with van der Waals surface area (Å²) in [6.07, 6.45) is 1.39. The van der Waals surface area contributed by atoms with Crippen LogP contribution in [0.25, 0.3) is 0 Å². The molecule has 2 aromatic heterocycles. The van der Waals surface area contributed by atoms with Crippen LogP contribution in [0.4, 0.5) is 5.69 Å². The van der Waals surface area contributed by atoms with Crippen LogP contribution < -0.4 is 10.1 Å². The van der Waals surface area contributed by atoms with Crippen LogP contribution in [-0.2, 0) is 11.5 Å². The van der Waals surface area contributed by atoms with Crippen LogP contribution in [0.15, 0.2) is 24.4 Å². The van der Waals surface area contributed by atoms with Crippen molar-refractivity contribution in [3.05, 3.63) is 57.6 Å². The molecule has 0 aliphatic carbocycles. The van der Waals surface area contributed by atoms with Crippen LogP contribution in [0.3, 0.4) is 0 Å². The van der Waals surface area contributed by atoms with E-state index in [1.54, 1.807) is 11.6 Å². The van der Waals surface area contributed by atoms with Gasteiger partial charge in [0.1, 0.15) is 17.5 Å². The number of nitrogens with zero attached hydrogens (tertiary/aromatic N) is 4. The molecule has 0 aliphatic rings. The van der Waals surface area contributed by atoms with Gasteiger partial charge in [0.25, 0.3) is 5.91 Å². The number of hydrogen-bond donors (Lipinski definition) is 2. The number of carboxylic acid groups (broad SMARTS) is 1. The lowest BCUT2D eigenvalue weighted by Gasteiger charge is -2.12. The summed E-state index contributed by atoms with van der Waals surface area (Å²) in [7, 11) is 0. The number of nitrogens with one attached hydrogen (secondary N) is 1. The predicted molar refractivity (Wildman–Crippen MR) is 116 cm³/mol. The second kappa shape index (κ2) is 8.81. The third-order valence-electron chi connectivity index (χ3n) is 5.01. The van der Waals surface area contributed by atoms with E-state index in [2.05, 4.69) is 15.5 Å². The number of aromatic nitrogens is 4. The summed E-state index contributed by atoms with van der Waals surface area (Å²) < 4.78 is 8.67. The zero-order valence-electron chi connectivity index (χ0n) is 17.9. The quantitative estimate of drug-likeness (QED) is 0.570. The minimum Gasteiger partial charge on any atom is -0.480 e. The molecule has 10 heteroatoms. The molecule has 0 bridgehead atoms. The first kappa shape index (κ1) is 22.4. The lowest BCUT2D eigenvalue weighted by molar-refractivity contribution is -0.140. The van der Waals surface area contributed by atoms with Crippen molar-refractivity contribution in [2.24, 2.45) is 0 Å². The number of rotatable bonds is 7. The molecule has 2 N–H and O–H groups in total. The minimum atomic E-state index is -1.08. The SMILES string of the molecule is Cc1cc(OCn2nc(C)c(NC(=O)c3ccnn3C(C)C(=O)O)c2C)cc(C)c1Cl. The van der Waals surface area contributed by atoms with E-state index in [0.29, 0.717) is 27.8 Å². The fraction of sp³-hybridized carbons (Fsp3) is 0.333. The third-order valence-corrected chi connectivity index (χ3v) is 5.61. The van der Waals surface area contributed by atoms with E-state index in [1.807, 2.05) is 32.9 Å². The first-order valence-electron chi connectivity index (χ1n) is 9.61. The largest absolute Gasteiger partial charge is 0.480 e. The highest BCUT2D eigenvalue weighted by atomic mass is 35.5. The number of carboxylic acids is 1. The molecule has 0 spiro atoms. The van der Waals surface area contributed by atoms with Gasteiger partial charge in [-0.1, -0.05) is 11.6 Å². The number of benzene rings is 1. The van der Waals surface area contributed by atoms with E-state index in [1.165, 1.54) is 23.9 Å². The summed E-state index contributed by atoms with van der Waals surface area (Å²) in [4.78, 5) is 24.0. The van der Waals surface area contributed by atoms with Crippen LogP contribution in [0.2, 0.25) is 5.02 Å². The molecule has 0 saturated carbocycles. The minimum absolute atomic E-state index is 0.143. The van der Waals surface area contributed by atoms with Gasteiger partial charge in [-0.25, -0.2) is 14.2 Å². The first-order valence-corrected chi connectivity index (χ1v) is 9.99. The van der Waals surface area contributed by atoms with Gasteiger partial charge in [-0.3, -0.25) is 4.79 Å². The summed E-state index contributed by atoms with van der Waals surface area (Å²) in [5, 5.41) is 21.1. The molecule has 0 fully saturated rings. The van der Waals surface area contributed by atoms with Gasteiger partial charge in [0, 0.05) is 11.2 Å². The maximum Gasteiger partial charge on any atom is 0.328 e. The Bertz CT molecular complexity index is 1130. The number of aryl methyl sites for hydroxylation is 3. The molecule has 0 saturated heterocycles. The van der Waals surface area contributed by atoms with Crippen molar-refractivity contribution in [1.29, 1.82) is 0 Å². The monoisotopic (exact) mass is 445 g/mol. The molecule has 3 aromatic rings. The number of hydrogen-bond acceptors (Lipinski definition) is 5. The molecule has 1 aromatic carbocycles. The standard InChI is InChI=1S/C21H24ClN5O4/c1-11-8-16(9-12(2)18(11)22)31-10-26-14(4)19(13(3)25-26)24-20(28)17-6-7-23-27(17)15(5)21(29)30/h6-9,15H,10H2,1-5H3,(H,24,28)(H,29,30). The Morgan fingerprint density at radius 1 is 1.23 bits per heavy atom. The average molecular weight is 446 g/mol. The molecular formula is C21H24ClN5O4. The highest BCUT2D eigenvalue weighted by Crippen LogP contribution is 2.27. The molecule has 0 aliphatic heterocycles. The maximum absolute atomic E-state index is 12.8. The smallest absolute Gasteiger partial charge is 0.328 e. The Morgan fingerprint density at radius 3 is 2.48 bits per heavy atom. The molecule has 31 heavy (non-hydrogen) atoms. The van der Waals surface area contributed by atoms with E-state index in [4.69, 9.17) is 16.3 Å². The number of aliphatic carboxylic acids is 1. The van der Waals surface area contributed by atoms with E-state index in [-0.39, 0.29) is 12.4 Å². The summed E-state index contributed by atoms with van der Waals surface area (Å²) in [6, 6.07) is 4.21. The van der Waals surface area contributed by atoms with Crippen molar-refractivity contribution in [1.82, 2.24) is 19.6 Å². The van der Waals surface area contributed by atoms with Crippen molar-refractivity contribution >= 4 is 29.2 Å². The van der Waals surface area contributed by atoms with Crippen LogP contribution in [0.5, 0.6) is 5.75 Å². The van der Waals surface area contributed by atoms with Gasteiger partial charge in [-0.15, -0.1) is 0 Å². The lowest BCUT2D eigenvalue weighted by Crippen LogP contribution is -2.24. The summed E-state index contributed by atoms with van der Waals surface area (Å²) in [6.45, 7) is 9.01. The van der Waals surface area contributed by atoms with Crippen molar-refractivity contribution in [2.45, 2.75) is 47.4 Å². The van der Waals surface area contributed by atoms with E-state index in [0.717, 1.165) is 11.1 Å². The van der Waals surface area contributed by atoms with Gasteiger partial charge in [-0.2, -0.15) is 10.2 Å². The Kier molecular flexibility index (Phi) is 6.35. The highest BCUT2D eigenvalue weighted by Gasteiger charge is 2.23. The molecule has 1 atom stereocenters. The maximum atomic E-state index is 12.8. The van der Waals surface area contributed by atoms with Gasteiger partial charge < -0.3 is 15.2 Å². The lowest BCUT2D eigenvalue weighted by atomic mass is 10.1. The molecular weight excluding hydrogens is 422 g/mol. The molecule has 1 amide bonds. The Balaban J connectivity index is 1.77. The number of amides is 1. The van der Waals surface area contributed by atoms with Gasteiger partial charge >= 0.3 is 5.97 Å². The summed E-state index contributed by atoms with van der Waals surface area (Å²) >= 11 is 6.20. The second-order valence-corrected chi connectivity index (χ2v) is 7.70. The van der Waals surface area contributed by atoms with Gasteiger partial charge in [0.2, 0.25) is 0 Å². The van der Waals surface area contributed by atoms with Crippen molar-refractivity contribution in [3.8, 4) is 5.75 Å². The number of anilines is 1. The van der Waals surface area contributed by atoms with E-state index in [9.17, 15) is 14.7 Å². The zero-order chi connectivity index (χ0) is 22.9. The molecule has 0 radical (unpaired) electrons. The average Bonchev–Trinajstić information content (AvgIpc) is 3.30. The van der Waals surface area contributed by atoms with E-state index < -0.39 is 17.9 Å². The van der Waals surface area contributed by atoms with Crippen molar-refractivity contribution in [3.63, 3.8) is 0 Å². The first-order chi connectivity index (χ1) is 14.6. The number of carbonyl (C=O) groups excluding carboxylic acids is 1. The third kappa shape index (κ3) is 4.56.